The van der Waals surface area contributed by atoms with Gasteiger partial charge in [0.1, 0.15) is 0 Å². The van der Waals surface area contributed by atoms with Gasteiger partial charge in [0.25, 0.3) is 0 Å². The van der Waals surface area contributed by atoms with Crippen LogP contribution in [-0.4, -0.2) is 11.0 Å². The molecular weight excluding hydrogens is 232 g/mol. The lowest BCUT2D eigenvalue weighted by molar-refractivity contribution is 0.459. The van der Waals surface area contributed by atoms with Gasteiger partial charge in [0, 0.05) is 24.2 Å². The molecule has 1 fully saturated rings. The maximum atomic E-state index is 4.42. The highest BCUT2D eigenvalue weighted by Crippen LogP contribution is 2.18. The van der Waals surface area contributed by atoms with Crippen LogP contribution in [0.2, 0.25) is 0 Å². The van der Waals surface area contributed by atoms with Gasteiger partial charge in [-0.25, -0.2) is 0 Å². The SMILES string of the molecule is c1cnc2cc(CNC3CCCCCC3)ccc2c1. The normalized spacial score (nSPS) is 17.5. The van der Waals surface area contributed by atoms with Gasteiger partial charge in [-0.1, -0.05) is 43.9 Å². The van der Waals surface area contributed by atoms with E-state index < -0.39 is 0 Å². The van der Waals surface area contributed by atoms with E-state index in [1.54, 1.807) is 0 Å². The molecule has 0 unspecified atom stereocenters. The third-order valence-corrected chi connectivity index (χ3v) is 4.12. The molecule has 0 saturated heterocycles. The number of benzene rings is 1. The van der Waals surface area contributed by atoms with E-state index >= 15 is 0 Å². The molecule has 19 heavy (non-hydrogen) atoms. The number of hydrogen-bond acceptors (Lipinski definition) is 2. The Morgan fingerprint density at radius 3 is 2.74 bits per heavy atom. The lowest BCUT2D eigenvalue weighted by Crippen LogP contribution is -2.27. The average molecular weight is 254 g/mol. The molecule has 1 saturated carbocycles. The summed E-state index contributed by atoms with van der Waals surface area (Å²) in [5.41, 5.74) is 2.44. The molecular formula is C17H22N2. The minimum Gasteiger partial charge on any atom is -0.310 e. The third kappa shape index (κ3) is 3.32. The third-order valence-electron chi connectivity index (χ3n) is 4.12. The Morgan fingerprint density at radius 2 is 1.89 bits per heavy atom. The van der Waals surface area contributed by atoms with Gasteiger partial charge in [-0.3, -0.25) is 4.98 Å². The van der Waals surface area contributed by atoms with Crippen LogP contribution in [0, 0.1) is 0 Å². The first-order valence-corrected chi connectivity index (χ1v) is 7.49. The zero-order chi connectivity index (χ0) is 12.9. The van der Waals surface area contributed by atoms with Crippen LogP contribution in [0.3, 0.4) is 0 Å². The molecule has 1 aromatic carbocycles. The number of fused-ring (bicyclic) bond motifs is 1. The van der Waals surface area contributed by atoms with E-state index in [1.165, 1.54) is 49.5 Å². The number of nitrogens with zero attached hydrogens (tertiary/aromatic N) is 1. The number of pyridine rings is 1. The maximum Gasteiger partial charge on any atom is 0.0705 e. The Hall–Kier alpha value is -1.41. The van der Waals surface area contributed by atoms with E-state index in [0.717, 1.165) is 12.1 Å². The minimum atomic E-state index is 0.710. The summed E-state index contributed by atoms with van der Waals surface area (Å²) in [6.45, 7) is 0.969. The van der Waals surface area contributed by atoms with E-state index in [4.69, 9.17) is 0 Å². The zero-order valence-electron chi connectivity index (χ0n) is 11.4. The molecule has 1 heterocycles. The lowest BCUT2D eigenvalue weighted by atomic mass is 10.1. The van der Waals surface area contributed by atoms with E-state index in [1.807, 2.05) is 12.3 Å². The summed E-state index contributed by atoms with van der Waals surface area (Å²) < 4.78 is 0. The Kier molecular flexibility index (Phi) is 4.09. The summed E-state index contributed by atoms with van der Waals surface area (Å²) in [7, 11) is 0. The molecule has 0 spiro atoms. The fraction of sp³-hybridized carbons (Fsp3) is 0.471. The molecule has 1 aromatic heterocycles. The molecule has 3 rings (SSSR count). The number of nitrogens with one attached hydrogen (secondary N) is 1. The van der Waals surface area contributed by atoms with Crippen LogP contribution < -0.4 is 5.32 Å². The predicted molar refractivity (Wildman–Crippen MR) is 80.1 cm³/mol. The highest BCUT2D eigenvalue weighted by molar-refractivity contribution is 5.78. The Balaban J connectivity index is 1.64. The molecule has 0 aliphatic heterocycles. The van der Waals surface area contributed by atoms with Crippen molar-refractivity contribution < 1.29 is 0 Å². The molecule has 0 atom stereocenters. The van der Waals surface area contributed by atoms with Crippen molar-refractivity contribution in [2.75, 3.05) is 0 Å². The van der Waals surface area contributed by atoms with E-state index in [0.29, 0.717) is 6.04 Å². The van der Waals surface area contributed by atoms with Crippen molar-refractivity contribution >= 4 is 10.9 Å². The maximum absolute atomic E-state index is 4.42. The summed E-state index contributed by atoms with van der Waals surface area (Å²) >= 11 is 0. The summed E-state index contributed by atoms with van der Waals surface area (Å²) in [6.07, 6.45) is 10.1. The molecule has 100 valence electrons. The van der Waals surface area contributed by atoms with Crippen LogP contribution in [-0.2, 0) is 6.54 Å². The molecule has 0 amide bonds. The van der Waals surface area contributed by atoms with Crippen LogP contribution >= 0.6 is 0 Å². The average Bonchev–Trinajstić information content (AvgIpc) is 2.73. The van der Waals surface area contributed by atoms with Crippen molar-refractivity contribution in [2.24, 2.45) is 0 Å². The number of rotatable bonds is 3. The van der Waals surface area contributed by atoms with E-state index in [2.05, 4.69) is 34.6 Å². The second kappa shape index (κ2) is 6.16. The molecule has 0 bridgehead atoms. The van der Waals surface area contributed by atoms with Gasteiger partial charge in [0.05, 0.1) is 5.52 Å². The van der Waals surface area contributed by atoms with Gasteiger partial charge in [-0.05, 0) is 30.5 Å². The Morgan fingerprint density at radius 1 is 1.05 bits per heavy atom. The molecule has 1 N–H and O–H groups in total. The predicted octanol–water partition coefficient (Wildman–Crippen LogP) is 4.05. The molecule has 2 nitrogen and oxygen atoms in total. The quantitative estimate of drug-likeness (QED) is 0.836. The fourth-order valence-corrected chi connectivity index (χ4v) is 2.97. The van der Waals surface area contributed by atoms with Gasteiger partial charge < -0.3 is 5.32 Å². The summed E-state index contributed by atoms with van der Waals surface area (Å²) in [5, 5.41) is 4.94. The van der Waals surface area contributed by atoms with Crippen LogP contribution in [0.15, 0.2) is 36.5 Å². The molecule has 1 aliphatic rings. The van der Waals surface area contributed by atoms with Crippen molar-refractivity contribution in [3.05, 3.63) is 42.1 Å². The second-order valence-corrected chi connectivity index (χ2v) is 5.60. The van der Waals surface area contributed by atoms with Crippen LogP contribution in [0.4, 0.5) is 0 Å². The summed E-state index contributed by atoms with van der Waals surface area (Å²) in [6, 6.07) is 11.4. The molecule has 1 aliphatic carbocycles. The van der Waals surface area contributed by atoms with Crippen LogP contribution in [0.5, 0.6) is 0 Å². The van der Waals surface area contributed by atoms with Gasteiger partial charge in [0.2, 0.25) is 0 Å². The van der Waals surface area contributed by atoms with Gasteiger partial charge in [-0.2, -0.15) is 0 Å². The van der Waals surface area contributed by atoms with Crippen molar-refractivity contribution in [2.45, 2.75) is 51.1 Å². The van der Waals surface area contributed by atoms with Crippen molar-refractivity contribution in [1.29, 1.82) is 0 Å². The highest BCUT2D eigenvalue weighted by atomic mass is 14.9. The monoisotopic (exact) mass is 254 g/mol. The van der Waals surface area contributed by atoms with Gasteiger partial charge in [-0.15, -0.1) is 0 Å². The number of hydrogen-bond donors (Lipinski definition) is 1. The largest absolute Gasteiger partial charge is 0.310 e. The van der Waals surface area contributed by atoms with Crippen LogP contribution in [0.1, 0.15) is 44.1 Å². The smallest absolute Gasteiger partial charge is 0.0705 e. The molecule has 0 radical (unpaired) electrons. The highest BCUT2D eigenvalue weighted by Gasteiger charge is 2.11. The fourth-order valence-electron chi connectivity index (χ4n) is 2.97. The van der Waals surface area contributed by atoms with Crippen molar-refractivity contribution in [3.8, 4) is 0 Å². The standard InChI is InChI=1S/C17H22N2/c1-2-4-8-16(7-3-1)19-13-14-9-10-15-6-5-11-18-17(15)12-14/h5-6,9-12,16,19H,1-4,7-8,13H2. The molecule has 2 heteroatoms. The second-order valence-electron chi connectivity index (χ2n) is 5.60. The first kappa shape index (κ1) is 12.6. The van der Waals surface area contributed by atoms with Gasteiger partial charge >= 0.3 is 0 Å². The Bertz CT molecular complexity index is 528. The molecule has 2 aromatic rings. The summed E-state index contributed by atoms with van der Waals surface area (Å²) in [4.78, 5) is 4.42. The number of aromatic nitrogens is 1. The zero-order valence-corrected chi connectivity index (χ0v) is 11.4. The van der Waals surface area contributed by atoms with Crippen LogP contribution in [0.25, 0.3) is 10.9 Å². The van der Waals surface area contributed by atoms with Crippen molar-refractivity contribution in [1.82, 2.24) is 10.3 Å². The minimum absolute atomic E-state index is 0.710. The van der Waals surface area contributed by atoms with Gasteiger partial charge in [0.15, 0.2) is 0 Å². The first-order valence-electron chi connectivity index (χ1n) is 7.49. The van der Waals surface area contributed by atoms with E-state index in [9.17, 15) is 0 Å². The Labute approximate surface area is 115 Å². The lowest BCUT2D eigenvalue weighted by Gasteiger charge is -2.16. The van der Waals surface area contributed by atoms with E-state index in [-0.39, 0.29) is 0 Å². The van der Waals surface area contributed by atoms with Crippen molar-refractivity contribution in [3.63, 3.8) is 0 Å². The summed E-state index contributed by atoms with van der Waals surface area (Å²) in [5.74, 6) is 0. The topological polar surface area (TPSA) is 24.9 Å². The first-order chi connectivity index (χ1) is 9.42.